The molecule has 12 heavy (non-hydrogen) atoms. The molecule has 1 aromatic rings. The Kier molecular flexibility index (Phi) is 3.90. The Balaban J connectivity index is 2.33. The first kappa shape index (κ1) is 9.88. The van der Waals surface area contributed by atoms with Gasteiger partial charge in [0.2, 0.25) is 5.13 Å². The molecule has 0 aliphatic heterocycles. The number of aliphatic hydroxyl groups excluding tert-OH is 1. The average molecular weight is 252 g/mol. The van der Waals surface area contributed by atoms with Crippen molar-refractivity contribution in [2.45, 2.75) is 19.4 Å². The molecule has 2 N–H and O–H groups in total. The van der Waals surface area contributed by atoms with Crippen molar-refractivity contribution < 1.29 is 5.11 Å². The van der Waals surface area contributed by atoms with Gasteiger partial charge in [0.15, 0.2) is 3.92 Å². The minimum Gasteiger partial charge on any atom is -0.391 e. The summed E-state index contributed by atoms with van der Waals surface area (Å²) in [5.74, 6) is 0. The Labute approximate surface area is 83.2 Å². The maximum absolute atomic E-state index is 9.21. The van der Waals surface area contributed by atoms with E-state index in [2.05, 4.69) is 31.4 Å². The number of hydrogen-bond acceptors (Lipinski definition) is 5. The van der Waals surface area contributed by atoms with Crippen molar-refractivity contribution in [2.75, 3.05) is 11.9 Å². The Morgan fingerprint density at radius 1 is 1.67 bits per heavy atom. The number of halogens is 1. The molecule has 0 saturated heterocycles. The van der Waals surface area contributed by atoms with Gasteiger partial charge in [-0.2, -0.15) is 0 Å². The minimum atomic E-state index is -0.312. The van der Waals surface area contributed by atoms with Crippen molar-refractivity contribution in [3.8, 4) is 0 Å². The zero-order valence-electron chi connectivity index (χ0n) is 6.62. The fourth-order valence-corrected chi connectivity index (χ4v) is 1.64. The zero-order valence-corrected chi connectivity index (χ0v) is 9.02. The molecule has 0 fully saturated rings. The molecule has 0 saturated carbocycles. The van der Waals surface area contributed by atoms with Crippen LogP contribution in [0.1, 0.15) is 13.3 Å². The lowest BCUT2D eigenvalue weighted by Gasteiger charge is -2.06. The Bertz CT molecular complexity index is 242. The van der Waals surface area contributed by atoms with E-state index < -0.39 is 0 Å². The third kappa shape index (κ3) is 3.04. The van der Waals surface area contributed by atoms with Crippen LogP contribution in [-0.2, 0) is 0 Å². The lowest BCUT2D eigenvalue weighted by atomic mass is 10.3. The number of hydrogen-bond donors (Lipinski definition) is 2. The minimum absolute atomic E-state index is 0.312. The highest BCUT2D eigenvalue weighted by molar-refractivity contribution is 9.11. The molecule has 4 nitrogen and oxygen atoms in total. The maximum Gasteiger partial charge on any atom is 0.206 e. The lowest BCUT2D eigenvalue weighted by Crippen LogP contribution is -2.17. The van der Waals surface area contributed by atoms with Gasteiger partial charge in [-0.05, 0) is 22.4 Å². The van der Waals surface area contributed by atoms with Gasteiger partial charge >= 0.3 is 0 Å². The van der Waals surface area contributed by atoms with Crippen LogP contribution in [-0.4, -0.2) is 28.0 Å². The van der Waals surface area contributed by atoms with E-state index in [0.29, 0.717) is 6.54 Å². The van der Waals surface area contributed by atoms with Crippen LogP contribution >= 0.6 is 27.3 Å². The van der Waals surface area contributed by atoms with Crippen LogP contribution in [0.3, 0.4) is 0 Å². The van der Waals surface area contributed by atoms with E-state index in [1.54, 1.807) is 0 Å². The van der Waals surface area contributed by atoms with Crippen LogP contribution < -0.4 is 5.32 Å². The van der Waals surface area contributed by atoms with Gasteiger partial charge in [-0.1, -0.05) is 18.3 Å². The summed E-state index contributed by atoms with van der Waals surface area (Å²) in [6.07, 6.45) is 0.431. The van der Waals surface area contributed by atoms with Crippen molar-refractivity contribution >= 4 is 32.4 Å². The van der Waals surface area contributed by atoms with Crippen molar-refractivity contribution in [2.24, 2.45) is 0 Å². The molecule has 6 heteroatoms. The van der Waals surface area contributed by atoms with Crippen LogP contribution in [0.4, 0.5) is 5.13 Å². The van der Waals surface area contributed by atoms with Gasteiger partial charge in [0, 0.05) is 6.54 Å². The van der Waals surface area contributed by atoms with Gasteiger partial charge in [-0.15, -0.1) is 10.2 Å². The average Bonchev–Trinajstić information content (AvgIpc) is 2.47. The fraction of sp³-hybridized carbons (Fsp3) is 0.667. The van der Waals surface area contributed by atoms with Crippen LogP contribution in [0, 0.1) is 0 Å². The van der Waals surface area contributed by atoms with Crippen molar-refractivity contribution in [1.29, 1.82) is 0 Å². The molecule has 1 rings (SSSR count). The SMILES string of the molecule is CCC(O)CNc1nnc(Br)s1. The lowest BCUT2D eigenvalue weighted by molar-refractivity contribution is 0.183. The second kappa shape index (κ2) is 4.74. The number of aromatic nitrogens is 2. The summed E-state index contributed by atoms with van der Waals surface area (Å²) in [5.41, 5.74) is 0. The summed E-state index contributed by atoms with van der Waals surface area (Å²) in [5, 5.41) is 20.5. The molecule has 1 heterocycles. The third-order valence-corrected chi connectivity index (χ3v) is 2.67. The second-order valence-corrected chi connectivity index (χ2v) is 4.56. The Hall–Kier alpha value is -0.200. The van der Waals surface area contributed by atoms with E-state index in [9.17, 15) is 5.11 Å². The number of aliphatic hydroxyl groups is 1. The third-order valence-electron chi connectivity index (χ3n) is 1.36. The molecule has 1 aromatic heterocycles. The predicted molar refractivity (Wildman–Crippen MR) is 52.4 cm³/mol. The number of rotatable bonds is 4. The van der Waals surface area contributed by atoms with Gasteiger partial charge in [-0.3, -0.25) is 0 Å². The van der Waals surface area contributed by atoms with Crippen LogP contribution in [0.2, 0.25) is 0 Å². The van der Waals surface area contributed by atoms with E-state index in [0.717, 1.165) is 15.5 Å². The van der Waals surface area contributed by atoms with E-state index in [1.807, 2.05) is 6.92 Å². The van der Waals surface area contributed by atoms with Gasteiger partial charge in [0.1, 0.15) is 0 Å². The summed E-state index contributed by atoms with van der Waals surface area (Å²) in [7, 11) is 0. The van der Waals surface area contributed by atoms with Gasteiger partial charge in [0.25, 0.3) is 0 Å². The zero-order chi connectivity index (χ0) is 8.97. The molecule has 0 aromatic carbocycles. The van der Waals surface area contributed by atoms with Gasteiger partial charge in [-0.25, -0.2) is 0 Å². The van der Waals surface area contributed by atoms with Crippen molar-refractivity contribution in [3.05, 3.63) is 3.92 Å². The molecule has 0 bridgehead atoms. The number of anilines is 1. The highest BCUT2D eigenvalue weighted by Gasteiger charge is 2.03. The first-order valence-corrected chi connectivity index (χ1v) is 5.24. The molecule has 1 atom stereocenters. The van der Waals surface area contributed by atoms with E-state index in [-0.39, 0.29) is 6.10 Å². The highest BCUT2D eigenvalue weighted by Crippen LogP contribution is 2.19. The molecule has 0 amide bonds. The van der Waals surface area contributed by atoms with E-state index in [1.165, 1.54) is 11.3 Å². The van der Waals surface area contributed by atoms with Crippen LogP contribution in [0.25, 0.3) is 0 Å². The van der Waals surface area contributed by atoms with E-state index >= 15 is 0 Å². The van der Waals surface area contributed by atoms with Crippen LogP contribution in [0.15, 0.2) is 3.92 Å². The molecule has 0 aliphatic carbocycles. The maximum atomic E-state index is 9.21. The quantitative estimate of drug-likeness (QED) is 0.852. The molecule has 68 valence electrons. The highest BCUT2D eigenvalue weighted by atomic mass is 79.9. The largest absolute Gasteiger partial charge is 0.391 e. The van der Waals surface area contributed by atoms with Gasteiger partial charge in [0.05, 0.1) is 6.10 Å². The van der Waals surface area contributed by atoms with Crippen molar-refractivity contribution in [1.82, 2.24) is 10.2 Å². The van der Waals surface area contributed by atoms with Crippen LogP contribution in [0.5, 0.6) is 0 Å². The standard InChI is InChI=1S/C6H10BrN3OS/c1-2-4(11)3-8-6-10-9-5(7)12-6/h4,11H,2-3H2,1H3,(H,8,10). The summed E-state index contributed by atoms with van der Waals surface area (Å²) >= 11 is 4.61. The normalized spacial score (nSPS) is 12.9. The molecule has 1 unspecified atom stereocenters. The van der Waals surface area contributed by atoms with Gasteiger partial charge < -0.3 is 10.4 Å². The first-order chi connectivity index (χ1) is 5.72. The smallest absolute Gasteiger partial charge is 0.206 e. The summed E-state index contributed by atoms with van der Waals surface area (Å²) < 4.78 is 0.746. The Morgan fingerprint density at radius 2 is 2.42 bits per heavy atom. The molecule has 0 aliphatic rings. The molecule has 0 radical (unpaired) electrons. The van der Waals surface area contributed by atoms with Crippen molar-refractivity contribution in [3.63, 3.8) is 0 Å². The summed E-state index contributed by atoms with van der Waals surface area (Å²) in [6, 6.07) is 0. The summed E-state index contributed by atoms with van der Waals surface area (Å²) in [4.78, 5) is 0. The molecule has 0 spiro atoms. The first-order valence-electron chi connectivity index (χ1n) is 3.63. The molecular formula is C6H10BrN3OS. The topological polar surface area (TPSA) is 58.0 Å². The Morgan fingerprint density at radius 3 is 2.92 bits per heavy atom. The van der Waals surface area contributed by atoms with E-state index in [4.69, 9.17) is 0 Å². The monoisotopic (exact) mass is 251 g/mol. The number of nitrogens with zero attached hydrogens (tertiary/aromatic N) is 2. The predicted octanol–water partition coefficient (Wildman–Crippen LogP) is 1.48. The summed E-state index contributed by atoms with van der Waals surface area (Å²) in [6.45, 7) is 2.46. The number of nitrogens with one attached hydrogen (secondary N) is 1. The second-order valence-electron chi connectivity index (χ2n) is 2.30. The fourth-order valence-electron chi connectivity index (χ4n) is 0.626. The molecular weight excluding hydrogens is 242 g/mol.